The van der Waals surface area contributed by atoms with Crippen LogP contribution in [0.5, 0.6) is 0 Å². The van der Waals surface area contributed by atoms with E-state index in [1.807, 2.05) is 0 Å². The number of ether oxygens (including phenoxy) is 2. The number of rotatable bonds is 1. The first-order valence-electron chi connectivity index (χ1n) is 4.12. The Balaban J connectivity index is 2.63. The molecular weight excluding hydrogens is 160 g/mol. The van der Waals surface area contributed by atoms with Crippen LogP contribution in [0.15, 0.2) is 0 Å². The standard InChI is InChI=1S/C8H16O4/c1-4-6(9)7(10)5(2)12-8(4)11-3/h4-10H,1-3H3/t4-,5+,6-,7+,8+/m1/s1. The van der Waals surface area contributed by atoms with E-state index in [2.05, 4.69) is 0 Å². The van der Waals surface area contributed by atoms with Crippen LogP contribution in [-0.2, 0) is 9.47 Å². The Bertz CT molecular complexity index is 145. The Morgan fingerprint density at radius 2 is 1.75 bits per heavy atom. The molecule has 1 fully saturated rings. The zero-order valence-electron chi connectivity index (χ0n) is 7.60. The summed E-state index contributed by atoms with van der Waals surface area (Å²) in [6, 6.07) is 0. The lowest BCUT2D eigenvalue weighted by Crippen LogP contribution is -2.52. The van der Waals surface area contributed by atoms with E-state index in [0.29, 0.717) is 0 Å². The average Bonchev–Trinajstić information content (AvgIpc) is 2.08. The number of aliphatic hydroxyl groups is 2. The summed E-state index contributed by atoms with van der Waals surface area (Å²) in [5.41, 5.74) is 0. The largest absolute Gasteiger partial charge is 0.390 e. The van der Waals surface area contributed by atoms with Crippen molar-refractivity contribution >= 4 is 0 Å². The summed E-state index contributed by atoms with van der Waals surface area (Å²) >= 11 is 0. The Kier molecular flexibility index (Phi) is 3.06. The van der Waals surface area contributed by atoms with Crippen molar-refractivity contribution in [2.45, 2.75) is 38.4 Å². The molecule has 0 unspecified atom stereocenters. The third kappa shape index (κ3) is 1.61. The maximum absolute atomic E-state index is 9.51. The fraction of sp³-hybridized carbons (Fsp3) is 1.00. The van der Waals surface area contributed by atoms with Gasteiger partial charge in [0.1, 0.15) is 6.10 Å². The van der Waals surface area contributed by atoms with Gasteiger partial charge in [0, 0.05) is 13.0 Å². The van der Waals surface area contributed by atoms with Gasteiger partial charge in [-0.3, -0.25) is 0 Å². The first-order chi connectivity index (χ1) is 5.57. The van der Waals surface area contributed by atoms with Crippen molar-refractivity contribution in [2.24, 2.45) is 5.92 Å². The van der Waals surface area contributed by atoms with Crippen molar-refractivity contribution in [3.05, 3.63) is 0 Å². The quantitative estimate of drug-likeness (QED) is 0.577. The maximum Gasteiger partial charge on any atom is 0.162 e. The van der Waals surface area contributed by atoms with Gasteiger partial charge in [0.05, 0.1) is 12.2 Å². The van der Waals surface area contributed by atoms with Gasteiger partial charge in [0.2, 0.25) is 0 Å². The number of hydrogen-bond acceptors (Lipinski definition) is 4. The first-order valence-corrected chi connectivity index (χ1v) is 4.12. The van der Waals surface area contributed by atoms with E-state index in [4.69, 9.17) is 9.47 Å². The molecule has 0 spiro atoms. The molecule has 1 rings (SSSR count). The normalized spacial score (nSPS) is 49.2. The summed E-state index contributed by atoms with van der Waals surface area (Å²) < 4.78 is 10.3. The van der Waals surface area contributed by atoms with Gasteiger partial charge >= 0.3 is 0 Å². The highest BCUT2D eigenvalue weighted by Gasteiger charge is 2.39. The lowest BCUT2D eigenvalue weighted by molar-refractivity contribution is -0.264. The highest BCUT2D eigenvalue weighted by atomic mass is 16.7. The molecule has 1 aliphatic heterocycles. The van der Waals surface area contributed by atoms with Crippen molar-refractivity contribution in [1.29, 1.82) is 0 Å². The third-order valence-corrected chi connectivity index (χ3v) is 2.38. The van der Waals surface area contributed by atoms with Crippen LogP contribution in [0.3, 0.4) is 0 Å². The SMILES string of the molecule is CO[C@H]1O[C@@H](C)[C@H](O)[C@H](O)[C@H]1C. The molecule has 0 radical (unpaired) electrons. The molecule has 0 bridgehead atoms. The minimum Gasteiger partial charge on any atom is -0.390 e. The topological polar surface area (TPSA) is 58.9 Å². The summed E-state index contributed by atoms with van der Waals surface area (Å²) in [5.74, 6) is -0.193. The van der Waals surface area contributed by atoms with Crippen LogP contribution in [0, 0.1) is 5.92 Å². The van der Waals surface area contributed by atoms with E-state index in [1.54, 1.807) is 13.8 Å². The molecule has 0 aromatic carbocycles. The number of methoxy groups -OCH3 is 1. The van der Waals surface area contributed by atoms with Crippen LogP contribution in [0.25, 0.3) is 0 Å². The minimum absolute atomic E-state index is 0.193. The molecule has 4 heteroatoms. The van der Waals surface area contributed by atoms with Crippen molar-refractivity contribution in [3.8, 4) is 0 Å². The summed E-state index contributed by atoms with van der Waals surface area (Å²) in [5, 5.41) is 18.9. The molecule has 0 aliphatic carbocycles. The molecule has 1 saturated heterocycles. The lowest BCUT2D eigenvalue weighted by atomic mass is 9.93. The van der Waals surface area contributed by atoms with Crippen LogP contribution in [0.1, 0.15) is 13.8 Å². The Labute approximate surface area is 72.1 Å². The van der Waals surface area contributed by atoms with Crippen molar-refractivity contribution in [3.63, 3.8) is 0 Å². The second-order valence-electron chi connectivity index (χ2n) is 3.29. The Hall–Kier alpha value is -0.160. The van der Waals surface area contributed by atoms with Crippen molar-refractivity contribution in [1.82, 2.24) is 0 Å². The van der Waals surface area contributed by atoms with Crippen LogP contribution in [-0.4, -0.2) is 41.9 Å². The van der Waals surface area contributed by atoms with Crippen LogP contribution < -0.4 is 0 Å². The lowest BCUT2D eigenvalue weighted by Gasteiger charge is -2.39. The van der Waals surface area contributed by atoms with Gasteiger partial charge in [-0.25, -0.2) is 0 Å². The molecule has 0 aromatic rings. The number of hydrogen-bond donors (Lipinski definition) is 2. The van der Waals surface area contributed by atoms with Gasteiger partial charge in [-0.1, -0.05) is 6.92 Å². The summed E-state index contributed by atoms with van der Waals surface area (Å²) in [6.45, 7) is 3.50. The Morgan fingerprint density at radius 3 is 2.25 bits per heavy atom. The zero-order chi connectivity index (χ0) is 9.30. The monoisotopic (exact) mass is 176 g/mol. The van der Waals surface area contributed by atoms with E-state index in [0.717, 1.165) is 0 Å². The average molecular weight is 176 g/mol. The van der Waals surface area contributed by atoms with Crippen LogP contribution in [0.4, 0.5) is 0 Å². The van der Waals surface area contributed by atoms with Crippen LogP contribution in [0.2, 0.25) is 0 Å². The molecule has 72 valence electrons. The second-order valence-corrected chi connectivity index (χ2v) is 3.29. The molecule has 0 aromatic heterocycles. The van der Waals surface area contributed by atoms with E-state index in [-0.39, 0.29) is 12.0 Å². The van der Waals surface area contributed by atoms with E-state index in [1.165, 1.54) is 7.11 Å². The molecule has 0 saturated carbocycles. The molecule has 4 nitrogen and oxygen atoms in total. The van der Waals surface area contributed by atoms with Crippen LogP contribution >= 0.6 is 0 Å². The molecular formula is C8H16O4. The fourth-order valence-electron chi connectivity index (χ4n) is 1.44. The Morgan fingerprint density at radius 1 is 1.17 bits per heavy atom. The highest BCUT2D eigenvalue weighted by molar-refractivity contribution is 4.84. The fourth-order valence-corrected chi connectivity index (χ4v) is 1.44. The van der Waals surface area contributed by atoms with Gasteiger partial charge in [-0.05, 0) is 6.92 Å². The zero-order valence-corrected chi connectivity index (χ0v) is 7.60. The van der Waals surface area contributed by atoms with Gasteiger partial charge in [-0.2, -0.15) is 0 Å². The number of aliphatic hydroxyl groups excluding tert-OH is 2. The molecule has 5 atom stereocenters. The van der Waals surface area contributed by atoms with Crippen molar-refractivity contribution < 1.29 is 19.7 Å². The summed E-state index contributed by atoms with van der Waals surface area (Å²) in [7, 11) is 1.53. The molecule has 1 heterocycles. The van der Waals surface area contributed by atoms with E-state index >= 15 is 0 Å². The maximum atomic E-state index is 9.51. The highest BCUT2D eigenvalue weighted by Crippen LogP contribution is 2.25. The molecule has 1 aliphatic rings. The van der Waals surface area contributed by atoms with Gasteiger partial charge in [0.15, 0.2) is 6.29 Å². The predicted molar refractivity (Wildman–Crippen MR) is 42.5 cm³/mol. The second kappa shape index (κ2) is 3.70. The van der Waals surface area contributed by atoms with E-state index < -0.39 is 18.5 Å². The smallest absolute Gasteiger partial charge is 0.162 e. The predicted octanol–water partition coefficient (Wildman–Crippen LogP) is -0.265. The molecule has 0 amide bonds. The molecule has 12 heavy (non-hydrogen) atoms. The first kappa shape index (κ1) is 9.92. The summed E-state index contributed by atoms with van der Waals surface area (Å²) in [6.07, 6.45) is -2.37. The van der Waals surface area contributed by atoms with Crippen molar-refractivity contribution in [2.75, 3.05) is 7.11 Å². The summed E-state index contributed by atoms with van der Waals surface area (Å²) in [4.78, 5) is 0. The van der Waals surface area contributed by atoms with Gasteiger partial charge in [0.25, 0.3) is 0 Å². The third-order valence-electron chi connectivity index (χ3n) is 2.38. The van der Waals surface area contributed by atoms with Gasteiger partial charge < -0.3 is 19.7 Å². The molecule has 2 N–H and O–H groups in total. The minimum atomic E-state index is -0.814. The van der Waals surface area contributed by atoms with Gasteiger partial charge in [-0.15, -0.1) is 0 Å². The van der Waals surface area contributed by atoms with E-state index in [9.17, 15) is 10.2 Å².